The van der Waals surface area contributed by atoms with Crippen molar-refractivity contribution < 1.29 is 23.5 Å². The molecule has 9 heteroatoms. The van der Waals surface area contributed by atoms with E-state index in [9.17, 15) is 14.0 Å². The van der Waals surface area contributed by atoms with Crippen LogP contribution >= 0.6 is 39.3 Å². The van der Waals surface area contributed by atoms with Gasteiger partial charge in [-0.1, -0.05) is 45.7 Å². The van der Waals surface area contributed by atoms with E-state index in [0.717, 1.165) is 16.7 Å². The topological polar surface area (TPSA) is 55.8 Å². The summed E-state index contributed by atoms with van der Waals surface area (Å²) < 4.78 is 26.1. The molecule has 3 aromatic carbocycles. The fraction of sp³-hybridized carbons (Fsp3) is 0.120. The summed E-state index contributed by atoms with van der Waals surface area (Å²) in [5, 5.41) is 0.112. The van der Waals surface area contributed by atoms with Gasteiger partial charge in [0.1, 0.15) is 12.4 Å². The maximum Gasteiger partial charge on any atom is 0.298 e. The lowest BCUT2D eigenvalue weighted by Crippen LogP contribution is -2.27. The number of carbonyl (C=O) groups is 2. The van der Waals surface area contributed by atoms with Crippen molar-refractivity contribution in [3.63, 3.8) is 0 Å². The quantitative estimate of drug-likeness (QED) is 0.280. The second-order valence-electron chi connectivity index (χ2n) is 7.13. The molecule has 1 heterocycles. The van der Waals surface area contributed by atoms with Crippen molar-refractivity contribution in [2.45, 2.75) is 13.5 Å². The molecule has 1 fully saturated rings. The predicted molar refractivity (Wildman–Crippen MR) is 136 cm³/mol. The molecule has 1 aliphatic rings. The summed E-state index contributed by atoms with van der Waals surface area (Å²) >= 11 is 10.3. The van der Waals surface area contributed by atoms with Gasteiger partial charge in [-0.2, -0.15) is 0 Å². The van der Waals surface area contributed by atoms with Crippen molar-refractivity contribution in [3.8, 4) is 11.5 Å². The van der Waals surface area contributed by atoms with E-state index in [1.54, 1.807) is 60.7 Å². The number of imide groups is 1. The third-order valence-electron chi connectivity index (χ3n) is 4.87. The minimum Gasteiger partial charge on any atom is -0.490 e. The van der Waals surface area contributed by atoms with Gasteiger partial charge in [-0.3, -0.25) is 9.59 Å². The summed E-state index contributed by atoms with van der Waals surface area (Å²) in [5.74, 6) is 0.0724. The molecule has 0 radical (unpaired) electrons. The molecule has 0 spiro atoms. The third kappa shape index (κ3) is 5.29. The van der Waals surface area contributed by atoms with E-state index in [4.69, 9.17) is 21.1 Å². The highest BCUT2D eigenvalue weighted by Crippen LogP contribution is 2.40. The second-order valence-corrected chi connectivity index (χ2v) is 9.41. The molecular weight excluding hydrogens is 545 g/mol. The first-order chi connectivity index (χ1) is 16.4. The van der Waals surface area contributed by atoms with Crippen molar-refractivity contribution in [3.05, 3.63) is 92.0 Å². The van der Waals surface area contributed by atoms with Gasteiger partial charge < -0.3 is 9.47 Å². The first-order valence-electron chi connectivity index (χ1n) is 10.2. The number of hydrogen-bond donors (Lipinski definition) is 0. The number of amides is 2. The van der Waals surface area contributed by atoms with Crippen LogP contribution in [-0.2, 0) is 11.4 Å². The van der Waals surface area contributed by atoms with E-state index < -0.39 is 11.1 Å². The standard InChI is InChI=1S/C25H18BrClFNO4S/c1-2-32-21-11-16(19(26)13-22(21)33-14-15-5-3-4-6-20(15)28)12-23-24(30)29(25(31)34-23)18-9-7-17(27)8-10-18/h3-13H,2,14H2,1H3/b23-12+. The van der Waals surface area contributed by atoms with Gasteiger partial charge in [0.25, 0.3) is 11.1 Å². The molecule has 5 nitrogen and oxygen atoms in total. The van der Waals surface area contributed by atoms with Gasteiger partial charge in [-0.05, 0) is 72.8 Å². The average Bonchev–Trinajstić information content (AvgIpc) is 3.09. The van der Waals surface area contributed by atoms with E-state index in [2.05, 4.69) is 15.9 Å². The minimum atomic E-state index is -0.429. The van der Waals surface area contributed by atoms with Crippen molar-refractivity contribution in [2.24, 2.45) is 0 Å². The van der Waals surface area contributed by atoms with E-state index >= 15 is 0 Å². The van der Waals surface area contributed by atoms with Gasteiger partial charge in [0.2, 0.25) is 0 Å². The zero-order valence-corrected chi connectivity index (χ0v) is 21.0. The Bertz CT molecular complexity index is 1280. The van der Waals surface area contributed by atoms with Gasteiger partial charge in [-0.15, -0.1) is 0 Å². The van der Waals surface area contributed by atoms with Crippen LogP contribution in [0.1, 0.15) is 18.1 Å². The van der Waals surface area contributed by atoms with Crippen LogP contribution in [0.15, 0.2) is 70.0 Å². The van der Waals surface area contributed by atoms with Gasteiger partial charge in [0.15, 0.2) is 11.5 Å². The lowest BCUT2D eigenvalue weighted by molar-refractivity contribution is -0.113. The Kier molecular flexibility index (Phi) is 7.60. The molecule has 0 aliphatic carbocycles. The molecule has 0 atom stereocenters. The average molecular weight is 563 g/mol. The predicted octanol–water partition coefficient (Wildman–Crippen LogP) is 7.46. The van der Waals surface area contributed by atoms with Gasteiger partial charge in [0.05, 0.1) is 17.2 Å². The lowest BCUT2D eigenvalue weighted by Gasteiger charge is -2.14. The number of halogens is 3. The van der Waals surface area contributed by atoms with Gasteiger partial charge in [-0.25, -0.2) is 9.29 Å². The second kappa shape index (κ2) is 10.6. The highest BCUT2D eigenvalue weighted by Gasteiger charge is 2.36. The van der Waals surface area contributed by atoms with E-state index in [1.807, 2.05) is 6.92 Å². The largest absolute Gasteiger partial charge is 0.490 e. The summed E-state index contributed by atoms with van der Waals surface area (Å²) in [4.78, 5) is 26.9. The Morgan fingerprint density at radius 1 is 1.06 bits per heavy atom. The normalized spacial score (nSPS) is 14.7. The smallest absolute Gasteiger partial charge is 0.298 e. The Morgan fingerprint density at radius 2 is 1.76 bits per heavy atom. The molecule has 0 saturated carbocycles. The fourth-order valence-corrected chi connectivity index (χ4v) is 4.63. The molecule has 174 valence electrons. The molecule has 0 N–H and O–H groups in total. The summed E-state index contributed by atoms with van der Waals surface area (Å²) in [6.07, 6.45) is 1.62. The van der Waals surface area contributed by atoms with E-state index in [1.165, 1.54) is 6.07 Å². The first-order valence-corrected chi connectivity index (χ1v) is 12.2. The van der Waals surface area contributed by atoms with E-state index in [-0.39, 0.29) is 17.3 Å². The number of anilines is 1. The molecule has 0 bridgehead atoms. The number of nitrogens with zero attached hydrogens (tertiary/aromatic N) is 1. The van der Waals surface area contributed by atoms with Crippen molar-refractivity contribution >= 4 is 62.2 Å². The molecule has 0 unspecified atom stereocenters. The summed E-state index contributed by atoms with van der Waals surface area (Å²) in [6, 6.07) is 16.3. The number of ether oxygens (including phenoxy) is 2. The Labute approximate surface area is 213 Å². The van der Waals surface area contributed by atoms with Crippen LogP contribution < -0.4 is 14.4 Å². The summed E-state index contributed by atoms with van der Waals surface area (Å²) in [7, 11) is 0. The highest BCUT2D eigenvalue weighted by molar-refractivity contribution is 9.10. The number of rotatable bonds is 7. The monoisotopic (exact) mass is 561 g/mol. The lowest BCUT2D eigenvalue weighted by atomic mass is 10.1. The number of carbonyl (C=O) groups excluding carboxylic acids is 2. The van der Waals surface area contributed by atoms with Crippen LogP contribution in [0, 0.1) is 5.82 Å². The van der Waals surface area contributed by atoms with Crippen LogP contribution in [0.2, 0.25) is 5.02 Å². The van der Waals surface area contributed by atoms with Crippen LogP contribution in [0.3, 0.4) is 0 Å². The van der Waals surface area contributed by atoms with Crippen LogP contribution in [-0.4, -0.2) is 17.8 Å². The zero-order valence-electron chi connectivity index (χ0n) is 17.9. The molecular formula is C25H18BrClFNO4S. The first kappa shape index (κ1) is 24.3. The molecule has 0 aromatic heterocycles. The Balaban J connectivity index is 1.61. The maximum atomic E-state index is 14.0. The number of hydrogen-bond acceptors (Lipinski definition) is 5. The molecule has 1 aliphatic heterocycles. The summed E-state index contributed by atoms with van der Waals surface area (Å²) in [5.41, 5.74) is 1.49. The van der Waals surface area contributed by atoms with Gasteiger partial charge in [0, 0.05) is 15.1 Å². The highest BCUT2D eigenvalue weighted by atomic mass is 79.9. The van der Waals surface area contributed by atoms with Crippen molar-refractivity contribution in [1.29, 1.82) is 0 Å². The zero-order chi connectivity index (χ0) is 24.2. The summed E-state index contributed by atoms with van der Waals surface area (Å²) in [6.45, 7) is 2.24. The van der Waals surface area contributed by atoms with Gasteiger partial charge >= 0.3 is 0 Å². The Hall–Kier alpha value is -2.81. The molecule has 34 heavy (non-hydrogen) atoms. The fourth-order valence-electron chi connectivity index (χ4n) is 3.24. The minimum absolute atomic E-state index is 0.0263. The molecule has 4 rings (SSSR count). The van der Waals surface area contributed by atoms with Crippen LogP contribution in [0.5, 0.6) is 11.5 Å². The number of thioether (sulfide) groups is 1. The Morgan fingerprint density at radius 3 is 2.47 bits per heavy atom. The third-order valence-corrected chi connectivity index (χ3v) is 6.68. The maximum absolute atomic E-state index is 14.0. The van der Waals surface area contributed by atoms with Crippen LogP contribution in [0.25, 0.3) is 6.08 Å². The molecule has 3 aromatic rings. The number of benzene rings is 3. The van der Waals surface area contributed by atoms with E-state index in [0.29, 0.717) is 44.4 Å². The van der Waals surface area contributed by atoms with Crippen LogP contribution in [0.4, 0.5) is 14.9 Å². The van der Waals surface area contributed by atoms with Crippen molar-refractivity contribution in [1.82, 2.24) is 0 Å². The SMILES string of the molecule is CCOc1cc(/C=C2/SC(=O)N(c3ccc(Cl)cc3)C2=O)c(Br)cc1OCc1ccccc1F. The van der Waals surface area contributed by atoms with Crippen molar-refractivity contribution in [2.75, 3.05) is 11.5 Å². The molecule has 2 amide bonds. The molecule has 1 saturated heterocycles.